The first-order valence-corrected chi connectivity index (χ1v) is 5.77. The van der Waals surface area contributed by atoms with E-state index < -0.39 is 25.5 Å². The molecule has 0 saturated carbocycles. The van der Waals surface area contributed by atoms with Crippen LogP contribution in [0.2, 0.25) is 0 Å². The van der Waals surface area contributed by atoms with Crippen molar-refractivity contribution in [3.8, 4) is 5.75 Å². The summed E-state index contributed by atoms with van der Waals surface area (Å²) in [6.07, 6.45) is -3.33. The predicted molar refractivity (Wildman–Crippen MR) is 66.2 cm³/mol. The summed E-state index contributed by atoms with van der Waals surface area (Å²) in [5, 5.41) is 9.55. The maximum absolute atomic E-state index is 11.9. The van der Waals surface area contributed by atoms with Crippen LogP contribution in [0.4, 0.5) is 13.2 Å². The van der Waals surface area contributed by atoms with Crippen LogP contribution < -0.4 is 4.74 Å². The maximum atomic E-state index is 11.9. The Morgan fingerprint density at radius 1 is 1.29 bits per heavy atom. The molecular formula is C13H10F3NO4. The lowest BCUT2D eigenvalue weighted by Crippen LogP contribution is -2.19. The summed E-state index contributed by atoms with van der Waals surface area (Å²) in [4.78, 5) is 15.3. The number of hydrogen-bond donors (Lipinski definition) is 1. The number of hydrogen-bond acceptors (Lipinski definition) is 4. The molecule has 1 N–H and O–H groups in total. The van der Waals surface area contributed by atoms with Crippen molar-refractivity contribution >= 4 is 16.9 Å². The standard InChI is InChI=1S/C13H10F3NO4/c14-13(15,16)6-20-7-21-10-5-17-9-4-2-1-3-8(9)11(10)12(18)19/h1-5H,6-7H2,(H,18,19). The van der Waals surface area contributed by atoms with Crippen LogP contribution in [0.15, 0.2) is 30.5 Å². The number of rotatable bonds is 5. The molecule has 1 heterocycles. The molecule has 0 aliphatic heterocycles. The number of aromatic carboxylic acids is 1. The van der Waals surface area contributed by atoms with Gasteiger partial charge in [0.2, 0.25) is 0 Å². The predicted octanol–water partition coefficient (Wildman–Crippen LogP) is 2.85. The third-order valence-corrected chi connectivity index (χ3v) is 2.52. The monoisotopic (exact) mass is 301 g/mol. The van der Waals surface area contributed by atoms with Gasteiger partial charge in [-0.1, -0.05) is 18.2 Å². The highest BCUT2D eigenvalue weighted by Crippen LogP contribution is 2.26. The van der Waals surface area contributed by atoms with Gasteiger partial charge in [0.05, 0.1) is 11.7 Å². The molecular weight excluding hydrogens is 291 g/mol. The molecule has 5 nitrogen and oxygen atoms in total. The molecule has 0 atom stereocenters. The second-order valence-corrected chi connectivity index (χ2v) is 4.05. The number of aromatic nitrogens is 1. The van der Waals surface area contributed by atoms with Gasteiger partial charge in [0.25, 0.3) is 0 Å². The zero-order chi connectivity index (χ0) is 15.5. The van der Waals surface area contributed by atoms with Crippen molar-refractivity contribution in [1.29, 1.82) is 0 Å². The lowest BCUT2D eigenvalue weighted by atomic mass is 10.1. The van der Waals surface area contributed by atoms with E-state index in [1.165, 1.54) is 6.07 Å². The molecule has 2 rings (SSSR count). The average molecular weight is 301 g/mol. The van der Waals surface area contributed by atoms with E-state index >= 15 is 0 Å². The number of pyridine rings is 1. The van der Waals surface area contributed by atoms with Crippen molar-refractivity contribution in [2.24, 2.45) is 0 Å². The number of nitrogens with zero attached hydrogens (tertiary/aromatic N) is 1. The zero-order valence-electron chi connectivity index (χ0n) is 10.6. The van der Waals surface area contributed by atoms with Gasteiger partial charge in [-0.2, -0.15) is 13.2 Å². The maximum Gasteiger partial charge on any atom is 0.411 e. The second kappa shape index (κ2) is 5.96. The van der Waals surface area contributed by atoms with Gasteiger partial charge >= 0.3 is 12.1 Å². The molecule has 1 aromatic heterocycles. The lowest BCUT2D eigenvalue weighted by Gasteiger charge is -2.12. The Morgan fingerprint density at radius 3 is 2.67 bits per heavy atom. The Hall–Kier alpha value is -2.35. The number of ether oxygens (including phenoxy) is 2. The molecule has 8 heteroatoms. The van der Waals surface area contributed by atoms with Gasteiger partial charge in [0.15, 0.2) is 12.5 Å². The molecule has 0 fully saturated rings. The summed E-state index contributed by atoms with van der Waals surface area (Å²) in [6.45, 7) is -2.20. The molecule has 0 bridgehead atoms. The number of para-hydroxylation sites is 1. The van der Waals surface area contributed by atoms with Gasteiger partial charge in [-0.05, 0) is 6.07 Å². The summed E-state index contributed by atoms with van der Waals surface area (Å²) in [5.41, 5.74) is 0.273. The van der Waals surface area contributed by atoms with Crippen LogP contribution in [-0.2, 0) is 4.74 Å². The minimum atomic E-state index is -4.47. The van der Waals surface area contributed by atoms with Crippen LogP contribution >= 0.6 is 0 Å². The molecule has 112 valence electrons. The van der Waals surface area contributed by atoms with Crippen molar-refractivity contribution in [3.63, 3.8) is 0 Å². The fourth-order valence-electron chi connectivity index (χ4n) is 1.72. The van der Waals surface area contributed by atoms with Crippen molar-refractivity contribution in [2.75, 3.05) is 13.4 Å². The number of carboxylic acids is 1. The number of carboxylic acid groups (broad SMARTS) is 1. The number of carbonyl (C=O) groups is 1. The Bertz CT molecular complexity index is 657. The van der Waals surface area contributed by atoms with E-state index in [0.29, 0.717) is 10.9 Å². The van der Waals surface area contributed by atoms with E-state index in [4.69, 9.17) is 4.74 Å². The van der Waals surface area contributed by atoms with Gasteiger partial charge in [-0.3, -0.25) is 4.98 Å². The van der Waals surface area contributed by atoms with Crippen LogP contribution in [0.1, 0.15) is 10.4 Å². The van der Waals surface area contributed by atoms with E-state index in [1.807, 2.05) is 0 Å². The van der Waals surface area contributed by atoms with Crippen molar-refractivity contribution in [1.82, 2.24) is 4.98 Å². The summed E-state index contributed by atoms with van der Waals surface area (Å²) in [7, 11) is 0. The lowest BCUT2D eigenvalue weighted by molar-refractivity contribution is -0.186. The van der Waals surface area contributed by atoms with Crippen molar-refractivity contribution in [2.45, 2.75) is 6.18 Å². The molecule has 0 spiro atoms. The van der Waals surface area contributed by atoms with E-state index in [0.717, 1.165) is 6.20 Å². The van der Waals surface area contributed by atoms with Gasteiger partial charge in [0, 0.05) is 5.39 Å². The molecule has 0 aliphatic carbocycles. The first kappa shape index (κ1) is 15.0. The minimum Gasteiger partial charge on any atom is -0.478 e. The molecule has 0 amide bonds. The van der Waals surface area contributed by atoms with Crippen LogP contribution in [0.5, 0.6) is 5.75 Å². The number of halogens is 3. The summed E-state index contributed by atoms with van der Waals surface area (Å²) >= 11 is 0. The smallest absolute Gasteiger partial charge is 0.411 e. The highest BCUT2D eigenvalue weighted by Gasteiger charge is 2.27. The Balaban J connectivity index is 2.20. The molecule has 0 unspecified atom stereocenters. The summed E-state index contributed by atoms with van der Waals surface area (Å²) < 4.78 is 44.9. The minimum absolute atomic E-state index is 0.150. The Labute approximate surface area is 116 Å². The summed E-state index contributed by atoms with van der Waals surface area (Å²) in [5.74, 6) is -1.41. The first-order valence-electron chi connectivity index (χ1n) is 5.77. The van der Waals surface area contributed by atoms with Crippen LogP contribution in [0.3, 0.4) is 0 Å². The van der Waals surface area contributed by atoms with Crippen molar-refractivity contribution < 1.29 is 32.5 Å². The quantitative estimate of drug-likeness (QED) is 0.679. The highest BCUT2D eigenvalue weighted by molar-refractivity contribution is 6.04. The Morgan fingerprint density at radius 2 is 2.00 bits per heavy atom. The SMILES string of the molecule is O=C(O)c1c(OCOCC(F)(F)F)cnc2ccccc12. The van der Waals surface area contributed by atoms with E-state index in [-0.39, 0.29) is 11.3 Å². The molecule has 1 aromatic carbocycles. The highest BCUT2D eigenvalue weighted by atomic mass is 19.4. The van der Waals surface area contributed by atoms with Gasteiger partial charge < -0.3 is 14.6 Å². The van der Waals surface area contributed by atoms with E-state index in [9.17, 15) is 23.1 Å². The number of benzene rings is 1. The largest absolute Gasteiger partial charge is 0.478 e. The normalized spacial score (nSPS) is 11.6. The van der Waals surface area contributed by atoms with Crippen LogP contribution in [0.25, 0.3) is 10.9 Å². The molecule has 0 radical (unpaired) electrons. The topological polar surface area (TPSA) is 68.7 Å². The fourth-order valence-corrected chi connectivity index (χ4v) is 1.72. The van der Waals surface area contributed by atoms with E-state index in [2.05, 4.69) is 9.72 Å². The third kappa shape index (κ3) is 3.82. The first-order chi connectivity index (χ1) is 9.88. The second-order valence-electron chi connectivity index (χ2n) is 4.05. The zero-order valence-corrected chi connectivity index (χ0v) is 10.6. The third-order valence-electron chi connectivity index (χ3n) is 2.52. The number of fused-ring (bicyclic) bond motifs is 1. The van der Waals surface area contributed by atoms with Gasteiger partial charge in [-0.25, -0.2) is 4.79 Å². The number of alkyl halides is 3. The van der Waals surface area contributed by atoms with Crippen molar-refractivity contribution in [3.05, 3.63) is 36.0 Å². The van der Waals surface area contributed by atoms with E-state index in [1.54, 1.807) is 18.2 Å². The van der Waals surface area contributed by atoms with Crippen LogP contribution in [0, 0.1) is 0 Å². The molecule has 21 heavy (non-hydrogen) atoms. The van der Waals surface area contributed by atoms with Gasteiger partial charge in [-0.15, -0.1) is 0 Å². The molecule has 0 aliphatic rings. The average Bonchev–Trinajstić information content (AvgIpc) is 2.41. The Kier molecular flexibility index (Phi) is 4.27. The fraction of sp³-hybridized carbons (Fsp3) is 0.231. The molecule has 0 saturated heterocycles. The van der Waals surface area contributed by atoms with Crippen LogP contribution in [-0.4, -0.2) is 35.6 Å². The van der Waals surface area contributed by atoms with Gasteiger partial charge in [0.1, 0.15) is 12.2 Å². The summed E-state index contributed by atoms with van der Waals surface area (Å²) in [6, 6.07) is 6.47. The molecule has 2 aromatic rings.